The van der Waals surface area contributed by atoms with E-state index in [-0.39, 0.29) is 5.88 Å². The zero-order valence-electron chi connectivity index (χ0n) is 10.9. The summed E-state index contributed by atoms with van der Waals surface area (Å²) in [7, 11) is -1.70. The van der Waals surface area contributed by atoms with Gasteiger partial charge in [-0.3, -0.25) is 4.90 Å². The first kappa shape index (κ1) is 13.5. The Morgan fingerprint density at radius 1 is 1.33 bits per heavy atom. The molecule has 100 valence electrons. The van der Waals surface area contributed by atoms with Crippen molar-refractivity contribution in [3.8, 4) is 0 Å². The van der Waals surface area contributed by atoms with Gasteiger partial charge in [-0.25, -0.2) is 13.1 Å². The fraction of sp³-hybridized carbons (Fsp3) is 0.538. The van der Waals surface area contributed by atoms with E-state index in [0.29, 0.717) is 0 Å². The molecule has 1 aromatic carbocycles. The summed E-state index contributed by atoms with van der Waals surface area (Å²) in [4.78, 5) is 1.98. The summed E-state index contributed by atoms with van der Waals surface area (Å²) < 4.78 is 25.5. The van der Waals surface area contributed by atoms with Gasteiger partial charge in [-0.15, -0.1) is 0 Å². The Labute approximate surface area is 109 Å². The van der Waals surface area contributed by atoms with Crippen LogP contribution in [0, 0.1) is 0 Å². The summed E-state index contributed by atoms with van der Waals surface area (Å²) in [6.45, 7) is 3.66. The fourth-order valence-corrected chi connectivity index (χ4v) is 3.13. The van der Waals surface area contributed by atoms with E-state index in [4.69, 9.17) is 0 Å². The number of sulfonamides is 1. The first-order valence-corrected chi connectivity index (χ1v) is 7.93. The molecule has 1 N–H and O–H groups in total. The maximum atomic E-state index is 11.5. The molecule has 4 nitrogen and oxygen atoms in total. The number of nitrogens with zero attached hydrogens (tertiary/aromatic N) is 1. The van der Waals surface area contributed by atoms with E-state index in [1.165, 1.54) is 23.7 Å². The van der Waals surface area contributed by atoms with Crippen LogP contribution >= 0.6 is 0 Å². The van der Waals surface area contributed by atoms with Crippen molar-refractivity contribution in [3.63, 3.8) is 0 Å². The average Bonchev–Trinajstić information content (AvgIpc) is 2.37. The number of rotatable bonds is 4. The van der Waals surface area contributed by atoms with Gasteiger partial charge >= 0.3 is 0 Å². The minimum atomic E-state index is -3.16. The topological polar surface area (TPSA) is 49.4 Å². The summed E-state index contributed by atoms with van der Waals surface area (Å²) in [6.07, 6.45) is 1.95. The third-order valence-electron chi connectivity index (χ3n) is 3.43. The molecule has 0 aromatic heterocycles. The van der Waals surface area contributed by atoms with Gasteiger partial charge in [0.15, 0.2) is 0 Å². The Kier molecular flexibility index (Phi) is 4.04. The van der Waals surface area contributed by atoms with Gasteiger partial charge in [0.2, 0.25) is 10.0 Å². The van der Waals surface area contributed by atoms with E-state index in [9.17, 15) is 8.42 Å². The van der Waals surface area contributed by atoms with Gasteiger partial charge in [-0.2, -0.15) is 0 Å². The van der Waals surface area contributed by atoms with Crippen molar-refractivity contribution in [2.24, 2.45) is 0 Å². The van der Waals surface area contributed by atoms with Crippen LogP contribution in [0.2, 0.25) is 0 Å². The van der Waals surface area contributed by atoms with Crippen LogP contribution in [-0.2, 0) is 29.4 Å². The first-order valence-electron chi connectivity index (χ1n) is 6.28. The average molecular weight is 268 g/mol. The molecule has 0 unspecified atom stereocenters. The lowest BCUT2D eigenvalue weighted by Crippen LogP contribution is -2.38. The SMILES string of the molecule is CCc1ccc2c(c1)CN(CS(=O)(=O)NC)CC2. The highest BCUT2D eigenvalue weighted by atomic mass is 32.2. The van der Waals surface area contributed by atoms with Gasteiger partial charge in [-0.1, -0.05) is 25.1 Å². The van der Waals surface area contributed by atoms with Gasteiger partial charge in [0.05, 0.1) is 0 Å². The molecule has 0 spiro atoms. The van der Waals surface area contributed by atoms with Crippen molar-refractivity contribution < 1.29 is 8.42 Å². The predicted molar refractivity (Wildman–Crippen MR) is 72.8 cm³/mol. The van der Waals surface area contributed by atoms with Crippen LogP contribution in [0.1, 0.15) is 23.6 Å². The molecule has 0 saturated heterocycles. The van der Waals surface area contributed by atoms with Crippen LogP contribution in [0.15, 0.2) is 18.2 Å². The molecule has 1 heterocycles. The second kappa shape index (κ2) is 5.38. The zero-order chi connectivity index (χ0) is 13.2. The van der Waals surface area contributed by atoms with E-state index < -0.39 is 10.0 Å². The van der Waals surface area contributed by atoms with Crippen molar-refractivity contribution in [1.82, 2.24) is 9.62 Å². The van der Waals surface area contributed by atoms with Crippen molar-refractivity contribution in [2.45, 2.75) is 26.3 Å². The maximum Gasteiger partial charge on any atom is 0.224 e. The summed E-state index contributed by atoms with van der Waals surface area (Å²) in [5.41, 5.74) is 3.93. The quantitative estimate of drug-likeness (QED) is 0.890. The molecule has 0 saturated carbocycles. The highest BCUT2D eigenvalue weighted by Gasteiger charge is 2.20. The lowest BCUT2D eigenvalue weighted by Gasteiger charge is -2.28. The minimum Gasteiger partial charge on any atom is -0.284 e. The van der Waals surface area contributed by atoms with E-state index in [2.05, 4.69) is 29.8 Å². The lowest BCUT2D eigenvalue weighted by atomic mass is 9.97. The standard InChI is InChI=1S/C13H20N2O2S/c1-3-11-4-5-12-6-7-15(9-13(12)8-11)10-18(16,17)14-2/h4-5,8,14H,3,6-7,9-10H2,1-2H3. The summed E-state index contributed by atoms with van der Waals surface area (Å²) in [5.74, 6) is 0.0826. The van der Waals surface area contributed by atoms with Crippen LogP contribution in [0.5, 0.6) is 0 Å². The van der Waals surface area contributed by atoms with Crippen molar-refractivity contribution in [2.75, 3.05) is 19.5 Å². The highest BCUT2D eigenvalue weighted by Crippen LogP contribution is 2.20. The molecule has 1 aromatic rings. The first-order chi connectivity index (χ1) is 8.54. The minimum absolute atomic E-state index is 0.0826. The van der Waals surface area contributed by atoms with E-state index in [0.717, 1.165) is 25.9 Å². The molecular formula is C13H20N2O2S. The second-order valence-corrected chi connectivity index (χ2v) is 6.60. The Morgan fingerprint density at radius 3 is 2.78 bits per heavy atom. The Hall–Kier alpha value is -0.910. The van der Waals surface area contributed by atoms with Gasteiger partial charge in [0, 0.05) is 13.1 Å². The van der Waals surface area contributed by atoms with Crippen LogP contribution in [-0.4, -0.2) is 32.8 Å². The third-order valence-corrected chi connectivity index (χ3v) is 4.76. The van der Waals surface area contributed by atoms with Crippen LogP contribution in [0.4, 0.5) is 0 Å². The molecule has 0 aliphatic carbocycles. The molecule has 0 fully saturated rings. The Balaban J connectivity index is 2.14. The molecular weight excluding hydrogens is 248 g/mol. The maximum absolute atomic E-state index is 11.5. The van der Waals surface area contributed by atoms with E-state index >= 15 is 0 Å². The zero-order valence-corrected chi connectivity index (χ0v) is 11.8. The second-order valence-electron chi connectivity index (χ2n) is 4.71. The Morgan fingerprint density at radius 2 is 2.11 bits per heavy atom. The number of hydrogen-bond donors (Lipinski definition) is 1. The number of hydrogen-bond acceptors (Lipinski definition) is 3. The monoisotopic (exact) mass is 268 g/mol. The smallest absolute Gasteiger partial charge is 0.224 e. The largest absolute Gasteiger partial charge is 0.284 e. The normalized spacial score (nSPS) is 16.6. The van der Waals surface area contributed by atoms with Crippen molar-refractivity contribution in [1.29, 1.82) is 0 Å². The summed E-state index contributed by atoms with van der Waals surface area (Å²) in [5, 5.41) is 0. The molecule has 0 amide bonds. The van der Waals surface area contributed by atoms with Crippen molar-refractivity contribution in [3.05, 3.63) is 34.9 Å². The van der Waals surface area contributed by atoms with Crippen molar-refractivity contribution >= 4 is 10.0 Å². The molecule has 1 aliphatic rings. The molecule has 0 radical (unpaired) electrons. The third kappa shape index (κ3) is 3.10. The van der Waals surface area contributed by atoms with Gasteiger partial charge in [-0.05, 0) is 36.6 Å². The lowest BCUT2D eigenvalue weighted by molar-refractivity contribution is 0.292. The molecule has 2 rings (SSSR count). The summed E-state index contributed by atoms with van der Waals surface area (Å²) >= 11 is 0. The molecule has 1 aliphatic heterocycles. The van der Waals surface area contributed by atoms with Crippen LogP contribution in [0.3, 0.4) is 0 Å². The fourth-order valence-electron chi connectivity index (χ4n) is 2.30. The number of benzene rings is 1. The Bertz CT molecular complexity index is 526. The molecule has 5 heteroatoms. The van der Waals surface area contributed by atoms with Gasteiger partial charge < -0.3 is 0 Å². The van der Waals surface area contributed by atoms with Gasteiger partial charge in [0.1, 0.15) is 5.88 Å². The molecule has 18 heavy (non-hydrogen) atoms. The van der Waals surface area contributed by atoms with Gasteiger partial charge in [0.25, 0.3) is 0 Å². The highest BCUT2D eigenvalue weighted by molar-refractivity contribution is 7.89. The van der Waals surface area contributed by atoms with E-state index in [1.54, 1.807) is 0 Å². The summed E-state index contributed by atoms with van der Waals surface area (Å²) in [6, 6.07) is 6.55. The molecule has 0 atom stereocenters. The molecule has 0 bridgehead atoms. The van der Waals surface area contributed by atoms with E-state index in [1.807, 2.05) is 4.90 Å². The number of nitrogens with one attached hydrogen (secondary N) is 1. The van der Waals surface area contributed by atoms with Crippen LogP contribution in [0.25, 0.3) is 0 Å². The number of aryl methyl sites for hydroxylation is 1. The van der Waals surface area contributed by atoms with Crippen LogP contribution < -0.4 is 4.72 Å². The predicted octanol–water partition coefficient (Wildman–Crippen LogP) is 1.11. The number of fused-ring (bicyclic) bond motifs is 1.